The Labute approximate surface area is 190 Å². The first-order valence-electron chi connectivity index (χ1n) is 10.8. The van der Waals surface area contributed by atoms with Gasteiger partial charge in [0.25, 0.3) is 0 Å². The zero-order valence-electron chi connectivity index (χ0n) is 17.6. The standard InChI is InChI=1S/C25H21N3O4S/c29-19-9-5-11-21-22(19)24-27-18-8-3-1-6-16(18)23(28-24)26-15-12-13-25(30,14-15)17-7-2-4-10-20(17)33(21,31)32/h1-11,15,29-30H,12-14H2,(H,26,27,28). The summed E-state index contributed by atoms with van der Waals surface area (Å²) in [5, 5.41) is 26.6. The number of nitrogens with one attached hydrogen (secondary N) is 1. The summed E-state index contributed by atoms with van der Waals surface area (Å²) in [6.07, 6.45) is 1.41. The minimum atomic E-state index is -4.12. The highest BCUT2D eigenvalue weighted by molar-refractivity contribution is 7.91. The molecule has 1 aliphatic carbocycles. The average Bonchev–Trinajstić information content (AvgIpc) is 3.20. The summed E-state index contributed by atoms with van der Waals surface area (Å²) >= 11 is 0. The Hall–Kier alpha value is -3.49. The number of fused-ring (bicyclic) bond motifs is 10. The molecule has 8 heteroatoms. The number of aliphatic hydroxyl groups is 1. The van der Waals surface area contributed by atoms with Crippen LogP contribution in [0.3, 0.4) is 0 Å². The average molecular weight is 460 g/mol. The van der Waals surface area contributed by atoms with Gasteiger partial charge in [-0.05, 0) is 43.2 Å². The second-order valence-electron chi connectivity index (χ2n) is 8.68. The number of hydrogen-bond donors (Lipinski definition) is 3. The van der Waals surface area contributed by atoms with Gasteiger partial charge in [0.05, 0.1) is 26.5 Å². The fraction of sp³-hybridized carbons (Fsp3) is 0.200. The number of rotatable bonds is 0. The van der Waals surface area contributed by atoms with Gasteiger partial charge in [-0.25, -0.2) is 18.4 Å². The molecule has 1 aliphatic heterocycles. The van der Waals surface area contributed by atoms with E-state index in [2.05, 4.69) is 15.3 Å². The largest absolute Gasteiger partial charge is 0.507 e. The molecule has 2 aliphatic rings. The van der Waals surface area contributed by atoms with Crippen molar-refractivity contribution >= 4 is 26.6 Å². The van der Waals surface area contributed by atoms with E-state index in [9.17, 15) is 18.6 Å². The van der Waals surface area contributed by atoms with E-state index >= 15 is 0 Å². The maximum atomic E-state index is 14.0. The molecule has 7 nitrogen and oxygen atoms in total. The van der Waals surface area contributed by atoms with E-state index in [0.29, 0.717) is 36.2 Å². The highest BCUT2D eigenvalue weighted by atomic mass is 32.2. The van der Waals surface area contributed by atoms with Crippen LogP contribution in [0.5, 0.6) is 5.75 Å². The second kappa shape index (κ2) is 7.00. The summed E-state index contributed by atoms with van der Waals surface area (Å²) in [5.74, 6) is 0.443. The Kier molecular flexibility index (Phi) is 4.27. The molecule has 1 fully saturated rings. The van der Waals surface area contributed by atoms with Crippen LogP contribution >= 0.6 is 0 Å². The van der Waals surface area contributed by atoms with Gasteiger partial charge in [-0.3, -0.25) is 0 Å². The number of aromatic nitrogens is 2. The maximum Gasteiger partial charge on any atom is 0.207 e. The van der Waals surface area contributed by atoms with Crippen molar-refractivity contribution in [2.75, 3.05) is 5.32 Å². The third-order valence-electron chi connectivity index (χ3n) is 6.63. The van der Waals surface area contributed by atoms with Crippen molar-refractivity contribution in [1.82, 2.24) is 9.97 Å². The van der Waals surface area contributed by atoms with Crippen LogP contribution < -0.4 is 5.32 Å². The number of anilines is 1. The number of phenolic OH excluding ortho intramolecular Hbond substituents is 1. The Morgan fingerprint density at radius 2 is 1.70 bits per heavy atom. The van der Waals surface area contributed by atoms with E-state index in [1.54, 1.807) is 18.2 Å². The highest BCUT2D eigenvalue weighted by Crippen LogP contribution is 2.46. The van der Waals surface area contributed by atoms with Crippen LogP contribution in [0.4, 0.5) is 5.82 Å². The molecule has 1 aromatic heterocycles. The molecule has 0 spiro atoms. The van der Waals surface area contributed by atoms with E-state index in [-0.39, 0.29) is 33.0 Å². The molecule has 33 heavy (non-hydrogen) atoms. The van der Waals surface area contributed by atoms with Crippen molar-refractivity contribution in [2.45, 2.75) is 40.7 Å². The van der Waals surface area contributed by atoms with Gasteiger partial charge < -0.3 is 15.5 Å². The van der Waals surface area contributed by atoms with Gasteiger partial charge in [0.1, 0.15) is 11.6 Å². The molecule has 3 N–H and O–H groups in total. The Morgan fingerprint density at radius 3 is 2.58 bits per heavy atom. The fourth-order valence-electron chi connectivity index (χ4n) is 5.06. The first-order valence-corrected chi connectivity index (χ1v) is 12.3. The monoisotopic (exact) mass is 459 g/mol. The second-order valence-corrected chi connectivity index (χ2v) is 10.6. The smallest absolute Gasteiger partial charge is 0.207 e. The molecule has 0 radical (unpaired) electrons. The van der Waals surface area contributed by atoms with Crippen LogP contribution in [-0.2, 0) is 15.4 Å². The number of nitrogens with zero attached hydrogens (tertiary/aromatic N) is 2. The Morgan fingerprint density at radius 1 is 0.939 bits per heavy atom. The molecule has 0 saturated heterocycles. The first-order chi connectivity index (χ1) is 15.9. The quantitative estimate of drug-likeness (QED) is 0.364. The molecule has 1 saturated carbocycles. The van der Waals surface area contributed by atoms with Crippen molar-refractivity contribution in [3.63, 3.8) is 0 Å². The van der Waals surface area contributed by atoms with Crippen LogP contribution in [0, 0.1) is 0 Å². The van der Waals surface area contributed by atoms with Crippen molar-refractivity contribution in [3.8, 4) is 17.1 Å². The van der Waals surface area contributed by atoms with Crippen LogP contribution in [0.25, 0.3) is 22.3 Å². The van der Waals surface area contributed by atoms with Gasteiger partial charge in [-0.2, -0.15) is 0 Å². The van der Waals surface area contributed by atoms with E-state index in [1.807, 2.05) is 24.3 Å². The molecule has 4 bridgehead atoms. The van der Waals surface area contributed by atoms with Crippen molar-refractivity contribution in [3.05, 3.63) is 72.3 Å². The summed E-state index contributed by atoms with van der Waals surface area (Å²) in [7, 11) is -4.12. The van der Waals surface area contributed by atoms with Gasteiger partial charge in [0.2, 0.25) is 9.84 Å². The van der Waals surface area contributed by atoms with E-state index in [1.165, 1.54) is 24.3 Å². The first kappa shape index (κ1) is 20.1. The highest BCUT2D eigenvalue weighted by Gasteiger charge is 2.43. The van der Waals surface area contributed by atoms with Crippen molar-refractivity contribution in [2.24, 2.45) is 0 Å². The number of aromatic hydroxyl groups is 1. The Balaban J connectivity index is 1.74. The molecular weight excluding hydrogens is 438 g/mol. The zero-order chi connectivity index (χ0) is 22.8. The number of sulfone groups is 1. The van der Waals surface area contributed by atoms with Crippen LogP contribution in [0.1, 0.15) is 24.8 Å². The fourth-order valence-corrected chi connectivity index (χ4v) is 6.82. The zero-order valence-corrected chi connectivity index (χ0v) is 18.4. The van der Waals surface area contributed by atoms with Gasteiger partial charge >= 0.3 is 0 Å². The topological polar surface area (TPSA) is 112 Å². The third-order valence-corrected chi connectivity index (χ3v) is 8.48. The van der Waals surface area contributed by atoms with E-state index in [0.717, 1.165) is 5.39 Å². The van der Waals surface area contributed by atoms with E-state index in [4.69, 9.17) is 0 Å². The lowest BCUT2D eigenvalue weighted by Crippen LogP contribution is -2.28. The predicted molar refractivity (Wildman–Crippen MR) is 124 cm³/mol. The van der Waals surface area contributed by atoms with Gasteiger partial charge in [0, 0.05) is 23.4 Å². The maximum absolute atomic E-state index is 14.0. The lowest BCUT2D eigenvalue weighted by Gasteiger charge is -2.27. The molecule has 6 rings (SSSR count). The number of benzene rings is 3. The summed E-state index contributed by atoms with van der Waals surface area (Å²) in [6, 6.07) is 18.3. The minimum absolute atomic E-state index is 0.0292. The SMILES string of the molecule is O=S1(=O)c2ccccc2C2(O)CCC(C2)Nc2nc(nc3ccccc23)-c2c(O)cccc21. The summed E-state index contributed by atoms with van der Waals surface area (Å²) in [6.45, 7) is 0. The summed E-state index contributed by atoms with van der Waals surface area (Å²) < 4.78 is 27.9. The van der Waals surface area contributed by atoms with E-state index < -0.39 is 15.4 Å². The molecule has 166 valence electrons. The van der Waals surface area contributed by atoms with Crippen molar-refractivity contribution in [1.29, 1.82) is 0 Å². The Bertz CT molecular complexity index is 1540. The minimum Gasteiger partial charge on any atom is -0.507 e. The van der Waals surface area contributed by atoms with Gasteiger partial charge in [-0.1, -0.05) is 36.4 Å². The van der Waals surface area contributed by atoms with Crippen LogP contribution in [0.2, 0.25) is 0 Å². The molecule has 2 heterocycles. The van der Waals surface area contributed by atoms with Gasteiger partial charge in [-0.15, -0.1) is 0 Å². The predicted octanol–water partition coefficient (Wildman–Crippen LogP) is 4.00. The molecule has 3 aromatic carbocycles. The lowest BCUT2D eigenvalue weighted by molar-refractivity contribution is 0.0407. The molecule has 2 unspecified atom stereocenters. The molecule has 0 amide bonds. The third kappa shape index (κ3) is 3.02. The molecule has 2 atom stereocenters. The summed E-state index contributed by atoms with van der Waals surface area (Å²) in [5.41, 5.74) is -0.259. The number of hydrogen-bond acceptors (Lipinski definition) is 7. The van der Waals surface area contributed by atoms with Crippen molar-refractivity contribution < 1.29 is 18.6 Å². The number of para-hydroxylation sites is 1. The van der Waals surface area contributed by atoms with Crippen LogP contribution in [-0.4, -0.2) is 34.6 Å². The lowest BCUT2D eigenvalue weighted by atomic mass is 9.92. The molecule has 4 aromatic rings. The number of phenols is 1. The molecular formula is C25H21N3O4S. The summed E-state index contributed by atoms with van der Waals surface area (Å²) in [4.78, 5) is 9.20. The van der Waals surface area contributed by atoms with Crippen LogP contribution in [0.15, 0.2) is 76.5 Å². The van der Waals surface area contributed by atoms with Gasteiger partial charge in [0.15, 0.2) is 5.82 Å². The normalized spacial score (nSPS) is 23.0.